The number of likely N-dealkylation sites (N-methyl/N-ethyl adjacent to an activating group) is 1. The van der Waals surface area contributed by atoms with E-state index in [1.54, 1.807) is 0 Å². The predicted molar refractivity (Wildman–Crippen MR) is 75.4 cm³/mol. The second-order valence-electron chi connectivity index (χ2n) is 4.94. The number of aryl methyl sites for hydroxylation is 1. The van der Waals surface area contributed by atoms with Gasteiger partial charge in [0.05, 0.1) is 6.42 Å². The molecule has 0 aliphatic carbocycles. The summed E-state index contributed by atoms with van der Waals surface area (Å²) in [6, 6.07) is 8.13. The van der Waals surface area contributed by atoms with E-state index in [2.05, 4.69) is 6.92 Å². The number of nitrogens with zero attached hydrogens (tertiary/aromatic N) is 1. The van der Waals surface area contributed by atoms with Crippen LogP contribution in [0.4, 0.5) is 0 Å². The summed E-state index contributed by atoms with van der Waals surface area (Å²) >= 11 is 0. The molecule has 1 aromatic carbocycles. The summed E-state index contributed by atoms with van der Waals surface area (Å²) < 4.78 is 0. The molecule has 18 heavy (non-hydrogen) atoms. The zero-order chi connectivity index (χ0) is 13.5. The molecule has 0 aliphatic heterocycles. The molecule has 0 aromatic heterocycles. The third kappa shape index (κ3) is 4.49. The second kappa shape index (κ2) is 7.17. The predicted octanol–water partition coefficient (Wildman–Crippen LogP) is 1.98. The van der Waals surface area contributed by atoms with Crippen LogP contribution in [0.25, 0.3) is 0 Å². The van der Waals surface area contributed by atoms with Gasteiger partial charge in [0.2, 0.25) is 5.91 Å². The molecule has 0 bridgehead atoms. The summed E-state index contributed by atoms with van der Waals surface area (Å²) in [7, 11) is 0. The van der Waals surface area contributed by atoms with E-state index in [1.807, 2.05) is 43.0 Å². The van der Waals surface area contributed by atoms with Crippen molar-refractivity contribution < 1.29 is 4.79 Å². The lowest BCUT2D eigenvalue weighted by Crippen LogP contribution is -2.37. The Balaban J connectivity index is 2.59. The minimum Gasteiger partial charge on any atom is -0.342 e. The smallest absolute Gasteiger partial charge is 0.226 e. The van der Waals surface area contributed by atoms with Crippen LogP contribution in [-0.2, 0) is 11.2 Å². The van der Waals surface area contributed by atoms with Crippen molar-refractivity contribution in [1.29, 1.82) is 0 Å². The fourth-order valence-corrected chi connectivity index (χ4v) is 1.85. The van der Waals surface area contributed by atoms with Crippen LogP contribution < -0.4 is 5.73 Å². The van der Waals surface area contributed by atoms with E-state index in [4.69, 9.17) is 5.73 Å². The summed E-state index contributed by atoms with van der Waals surface area (Å²) in [6.45, 7) is 8.24. The van der Waals surface area contributed by atoms with Crippen LogP contribution in [0.5, 0.6) is 0 Å². The largest absolute Gasteiger partial charge is 0.342 e. The Labute approximate surface area is 110 Å². The molecule has 1 unspecified atom stereocenters. The minimum atomic E-state index is 0.182. The Kier molecular flexibility index (Phi) is 5.86. The maximum absolute atomic E-state index is 12.2. The number of hydrogen-bond acceptors (Lipinski definition) is 2. The van der Waals surface area contributed by atoms with E-state index in [1.165, 1.54) is 5.56 Å². The van der Waals surface area contributed by atoms with Gasteiger partial charge in [0.25, 0.3) is 0 Å². The molecule has 3 heteroatoms. The fourth-order valence-electron chi connectivity index (χ4n) is 1.85. The highest BCUT2D eigenvalue weighted by Gasteiger charge is 2.14. The van der Waals surface area contributed by atoms with Crippen molar-refractivity contribution in [2.75, 3.05) is 19.6 Å². The molecule has 1 rings (SSSR count). The SMILES string of the molecule is CCN(CC(C)CN)C(=O)Cc1ccc(C)cc1. The first-order chi connectivity index (χ1) is 8.56. The Bertz CT molecular complexity index is 373. The van der Waals surface area contributed by atoms with E-state index in [-0.39, 0.29) is 5.91 Å². The van der Waals surface area contributed by atoms with Crippen molar-refractivity contribution in [1.82, 2.24) is 4.90 Å². The van der Waals surface area contributed by atoms with Crippen LogP contribution in [0.3, 0.4) is 0 Å². The van der Waals surface area contributed by atoms with E-state index < -0.39 is 0 Å². The third-order valence-electron chi connectivity index (χ3n) is 3.14. The molecular formula is C15H24N2O. The highest BCUT2D eigenvalue weighted by molar-refractivity contribution is 5.78. The Hall–Kier alpha value is -1.35. The number of hydrogen-bond donors (Lipinski definition) is 1. The first-order valence-electron chi connectivity index (χ1n) is 6.60. The van der Waals surface area contributed by atoms with Crippen LogP contribution >= 0.6 is 0 Å². The normalized spacial score (nSPS) is 12.2. The molecule has 1 amide bonds. The maximum Gasteiger partial charge on any atom is 0.226 e. The van der Waals surface area contributed by atoms with Crippen molar-refractivity contribution in [2.24, 2.45) is 11.7 Å². The van der Waals surface area contributed by atoms with Gasteiger partial charge in [-0.05, 0) is 31.9 Å². The average Bonchev–Trinajstić information content (AvgIpc) is 2.38. The quantitative estimate of drug-likeness (QED) is 0.836. The number of rotatable bonds is 6. The monoisotopic (exact) mass is 248 g/mol. The summed E-state index contributed by atoms with van der Waals surface area (Å²) in [5.41, 5.74) is 7.90. The van der Waals surface area contributed by atoms with Gasteiger partial charge in [-0.1, -0.05) is 36.8 Å². The van der Waals surface area contributed by atoms with E-state index in [0.29, 0.717) is 18.9 Å². The lowest BCUT2D eigenvalue weighted by atomic mass is 10.1. The maximum atomic E-state index is 12.2. The molecule has 3 nitrogen and oxygen atoms in total. The summed E-state index contributed by atoms with van der Waals surface area (Å²) in [4.78, 5) is 14.1. The molecule has 0 radical (unpaired) electrons. The van der Waals surface area contributed by atoms with Crippen LogP contribution in [0.15, 0.2) is 24.3 Å². The Morgan fingerprint density at radius 2 is 1.94 bits per heavy atom. The summed E-state index contributed by atoms with van der Waals surface area (Å²) in [5.74, 6) is 0.536. The molecule has 0 spiro atoms. The lowest BCUT2D eigenvalue weighted by Gasteiger charge is -2.24. The van der Waals surface area contributed by atoms with Gasteiger partial charge in [-0.25, -0.2) is 0 Å². The highest BCUT2D eigenvalue weighted by atomic mass is 16.2. The number of benzene rings is 1. The van der Waals surface area contributed by atoms with Crippen molar-refractivity contribution in [3.05, 3.63) is 35.4 Å². The molecule has 0 heterocycles. The van der Waals surface area contributed by atoms with Gasteiger partial charge < -0.3 is 10.6 Å². The van der Waals surface area contributed by atoms with Crippen LogP contribution in [0, 0.1) is 12.8 Å². The van der Waals surface area contributed by atoms with E-state index in [0.717, 1.165) is 18.7 Å². The Morgan fingerprint density at radius 1 is 1.33 bits per heavy atom. The van der Waals surface area contributed by atoms with Crippen molar-refractivity contribution in [3.8, 4) is 0 Å². The average molecular weight is 248 g/mol. The van der Waals surface area contributed by atoms with E-state index in [9.17, 15) is 4.79 Å². The van der Waals surface area contributed by atoms with Gasteiger partial charge in [0.15, 0.2) is 0 Å². The lowest BCUT2D eigenvalue weighted by molar-refractivity contribution is -0.130. The Morgan fingerprint density at radius 3 is 2.44 bits per heavy atom. The zero-order valence-electron chi connectivity index (χ0n) is 11.6. The van der Waals surface area contributed by atoms with Crippen molar-refractivity contribution >= 4 is 5.91 Å². The van der Waals surface area contributed by atoms with Crippen LogP contribution in [0.2, 0.25) is 0 Å². The van der Waals surface area contributed by atoms with Gasteiger partial charge in [-0.3, -0.25) is 4.79 Å². The topological polar surface area (TPSA) is 46.3 Å². The molecule has 1 aromatic rings. The molecule has 0 aliphatic rings. The third-order valence-corrected chi connectivity index (χ3v) is 3.14. The first-order valence-corrected chi connectivity index (χ1v) is 6.60. The molecule has 0 saturated carbocycles. The second-order valence-corrected chi connectivity index (χ2v) is 4.94. The van der Waals surface area contributed by atoms with Gasteiger partial charge in [0, 0.05) is 13.1 Å². The first kappa shape index (κ1) is 14.7. The zero-order valence-corrected chi connectivity index (χ0v) is 11.6. The molecule has 0 fully saturated rings. The van der Waals surface area contributed by atoms with E-state index >= 15 is 0 Å². The summed E-state index contributed by atoms with van der Waals surface area (Å²) in [6.07, 6.45) is 0.478. The summed E-state index contributed by atoms with van der Waals surface area (Å²) in [5, 5.41) is 0. The van der Waals surface area contributed by atoms with Gasteiger partial charge in [0.1, 0.15) is 0 Å². The minimum absolute atomic E-state index is 0.182. The molecule has 0 saturated heterocycles. The number of nitrogens with two attached hydrogens (primary N) is 1. The number of carbonyl (C=O) groups is 1. The molecular weight excluding hydrogens is 224 g/mol. The van der Waals surface area contributed by atoms with Crippen LogP contribution in [-0.4, -0.2) is 30.4 Å². The van der Waals surface area contributed by atoms with Crippen molar-refractivity contribution in [2.45, 2.75) is 27.2 Å². The molecule has 2 N–H and O–H groups in total. The van der Waals surface area contributed by atoms with Crippen molar-refractivity contribution in [3.63, 3.8) is 0 Å². The fraction of sp³-hybridized carbons (Fsp3) is 0.533. The van der Waals surface area contributed by atoms with Gasteiger partial charge in [-0.15, -0.1) is 0 Å². The van der Waals surface area contributed by atoms with Gasteiger partial charge >= 0.3 is 0 Å². The number of amides is 1. The van der Waals surface area contributed by atoms with Gasteiger partial charge in [-0.2, -0.15) is 0 Å². The molecule has 1 atom stereocenters. The number of carbonyl (C=O) groups excluding carboxylic acids is 1. The van der Waals surface area contributed by atoms with Crippen LogP contribution in [0.1, 0.15) is 25.0 Å². The molecule has 100 valence electrons. The highest BCUT2D eigenvalue weighted by Crippen LogP contribution is 2.07. The standard InChI is InChI=1S/C15H24N2O/c1-4-17(11-13(3)10-16)15(18)9-14-7-5-12(2)6-8-14/h5-8,13H,4,9-11,16H2,1-3H3.